The minimum atomic E-state index is -0.184. The van der Waals surface area contributed by atoms with Crippen LogP contribution in [0.4, 0.5) is 0 Å². The van der Waals surface area contributed by atoms with E-state index < -0.39 is 0 Å². The van der Waals surface area contributed by atoms with Crippen LogP contribution in [0.15, 0.2) is 6.20 Å². The number of ether oxygens (including phenoxy) is 1. The molecule has 2 aliphatic carbocycles. The van der Waals surface area contributed by atoms with Crippen molar-refractivity contribution in [1.82, 2.24) is 15.3 Å². The Hall–Kier alpha value is -1.00. The Balaban J connectivity index is 1.81. The van der Waals surface area contributed by atoms with Crippen LogP contribution in [0.1, 0.15) is 42.8 Å². The van der Waals surface area contributed by atoms with Gasteiger partial charge in [0.05, 0.1) is 0 Å². The van der Waals surface area contributed by atoms with E-state index in [4.69, 9.17) is 9.72 Å². The number of aryl methyl sites for hydroxylation is 1. The molecule has 0 saturated heterocycles. The molecule has 4 nitrogen and oxygen atoms in total. The zero-order valence-corrected chi connectivity index (χ0v) is 11.9. The zero-order valence-electron chi connectivity index (χ0n) is 11.9. The van der Waals surface area contributed by atoms with Gasteiger partial charge in [-0.2, -0.15) is 0 Å². The smallest absolute Gasteiger partial charge is 0.160 e. The zero-order chi connectivity index (χ0) is 13.3. The molecule has 1 heterocycles. The summed E-state index contributed by atoms with van der Waals surface area (Å²) >= 11 is 0. The summed E-state index contributed by atoms with van der Waals surface area (Å²) in [6.07, 6.45) is 8.80. The largest absolute Gasteiger partial charge is 0.370 e. The number of nitrogens with zero attached hydrogens (tertiary/aromatic N) is 2. The number of aromatic nitrogens is 2. The minimum Gasteiger partial charge on any atom is -0.370 e. The maximum atomic E-state index is 5.68. The van der Waals surface area contributed by atoms with Crippen LogP contribution in [-0.2, 0) is 23.2 Å². The third kappa shape index (κ3) is 2.28. The van der Waals surface area contributed by atoms with E-state index in [1.807, 2.05) is 13.2 Å². The van der Waals surface area contributed by atoms with Gasteiger partial charge in [-0.15, -0.1) is 0 Å². The van der Waals surface area contributed by atoms with Crippen LogP contribution in [0.2, 0.25) is 0 Å². The van der Waals surface area contributed by atoms with Crippen molar-refractivity contribution in [2.24, 2.45) is 5.92 Å². The van der Waals surface area contributed by atoms with E-state index in [2.05, 4.69) is 10.3 Å². The quantitative estimate of drug-likeness (QED) is 0.898. The van der Waals surface area contributed by atoms with E-state index in [1.54, 1.807) is 7.11 Å². The topological polar surface area (TPSA) is 47.0 Å². The third-order valence-electron chi connectivity index (χ3n) is 4.70. The van der Waals surface area contributed by atoms with E-state index in [-0.39, 0.29) is 5.60 Å². The van der Waals surface area contributed by atoms with Gasteiger partial charge in [-0.3, -0.25) is 0 Å². The highest BCUT2D eigenvalue weighted by atomic mass is 16.5. The molecule has 4 heteroatoms. The Kier molecular flexibility index (Phi) is 3.54. The molecule has 1 aromatic rings. The molecule has 1 fully saturated rings. The van der Waals surface area contributed by atoms with Gasteiger partial charge < -0.3 is 10.1 Å². The molecule has 1 aromatic heterocycles. The van der Waals surface area contributed by atoms with Gasteiger partial charge >= 0.3 is 0 Å². The van der Waals surface area contributed by atoms with E-state index in [0.29, 0.717) is 0 Å². The lowest BCUT2D eigenvalue weighted by molar-refractivity contribution is -0.0848. The summed E-state index contributed by atoms with van der Waals surface area (Å²) in [5.74, 6) is 1.64. The van der Waals surface area contributed by atoms with E-state index in [1.165, 1.54) is 24.1 Å². The monoisotopic (exact) mass is 261 g/mol. The van der Waals surface area contributed by atoms with E-state index >= 15 is 0 Å². The van der Waals surface area contributed by atoms with Gasteiger partial charge in [-0.05, 0) is 63.6 Å². The summed E-state index contributed by atoms with van der Waals surface area (Å²) in [7, 11) is 3.80. The Morgan fingerprint density at radius 3 is 2.95 bits per heavy atom. The average Bonchev–Trinajstić information content (AvgIpc) is 2.38. The predicted molar refractivity (Wildman–Crippen MR) is 74.0 cm³/mol. The first-order valence-corrected chi connectivity index (χ1v) is 7.32. The van der Waals surface area contributed by atoms with Crippen molar-refractivity contribution >= 4 is 0 Å². The van der Waals surface area contributed by atoms with Crippen LogP contribution in [0.25, 0.3) is 0 Å². The Morgan fingerprint density at radius 2 is 2.32 bits per heavy atom. The molecule has 0 radical (unpaired) electrons. The van der Waals surface area contributed by atoms with Crippen LogP contribution < -0.4 is 5.32 Å². The van der Waals surface area contributed by atoms with Crippen molar-refractivity contribution in [2.45, 2.75) is 44.1 Å². The fourth-order valence-corrected chi connectivity index (χ4v) is 3.28. The Morgan fingerprint density at radius 1 is 1.47 bits per heavy atom. The second-order valence-electron chi connectivity index (χ2n) is 5.88. The fourth-order valence-electron chi connectivity index (χ4n) is 3.28. The molecule has 0 amide bonds. The molecule has 1 N–H and O–H groups in total. The maximum Gasteiger partial charge on any atom is 0.160 e. The van der Waals surface area contributed by atoms with E-state index in [9.17, 15) is 0 Å². The van der Waals surface area contributed by atoms with E-state index in [0.717, 1.165) is 44.0 Å². The molecule has 0 aromatic carbocycles. The van der Waals surface area contributed by atoms with Gasteiger partial charge in [0.15, 0.2) is 5.82 Å². The van der Waals surface area contributed by atoms with Gasteiger partial charge in [0.1, 0.15) is 5.60 Å². The molecule has 1 unspecified atom stereocenters. The van der Waals surface area contributed by atoms with Gasteiger partial charge in [0.25, 0.3) is 0 Å². The lowest BCUT2D eigenvalue weighted by Gasteiger charge is -2.39. The summed E-state index contributed by atoms with van der Waals surface area (Å²) in [5, 5.41) is 3.27. The van der Waals surface area contributed by atoms with Gasteiger partial charge in [-0.25, -0.2) is 9.97 Å². The molecule has 0 aliphatic heterocycles. The van der Waals surface area contributed by atoms with Crippen LogP contribution in [0, 0.1) is 5.92 Å². The molecule has 0 spiro atoms. The summed E-state index contributed by atoms with van der Waals surface area (Å²) < 4.78 is 5.68. The van der Waals surface area contributed by atoms with Crippen LogP contribution in [-0.4, -0.2) is 30.7 Å². The first kappa shape index (κ1) is 13.0. The summed E-state index contributed by atoms with van der Waals surface area (Å²) in [6.45, 7) is 1.09. The standard InChI is InChI=1S/C15H23N3O/c1-16-9-11-4-5-13-12(8-11)10-17-14(18-13)15(19-2)6-3-7-15/h10-11,16H,3-9H2,1-2H3. The molecule has 104 valence electrons. The van der Waals surface area contributed by atoms with Crippen LogP contribution >= 0.6 is 0 Å². The van der Waals surface area contributed by atoms with Crippen molar-refractivity contribution in [3.05, 3.63) is 23.3 Å². The lowest BCUT2D eigenvalue weighted by Crippen LogP contribution is -2.38. The number of nitrogens with one attached hydrogen (secondary N) is 1. The molecular formula is C15H23N3O. The molecule has 19 heavy (non-hydrogen) atoms. The number of hydrogen-bond acceptors (Lipinski definition) is 4. The number of fused-ring (bicyclic) bond motifs is 1. The third-order valence-corrected chi connectivity index (χ3v) is 4.70. The molecule has 0 bridgehead atoms. The molecular weight excluding hydrogens is 238 g/mol. The fraction of sp³-hybridized carbons (Fsp3) is 0.733. The SMILES string of the molecule is CNCC1CCc2nc(C3(OC)CCC3)ncc2C1. The highest BCUT2D eigenvalue weighted by Crippen LogP contribution is 2.42. The van der Waals surface area contributed by atoms with Gasteiger partial charge in [0.2, 0.25) is 0 Å². The first-order chi connectivity index (χ1) is 9.27. The second kappa shape index (κ2) is 5.17. The summed E-state index contributed by atoms with van der Waals surface area (Å²) in [4.78, 5) is 9.41. The highest BCUT2D eigenvalue weighted by Gasteiger charge is 2.42. The summed E-state index contributed by atoms with van der Waals surface area (Å²) in [6, 6.07) is 0. The number of hydrogen-bond donors (Lipinski definition) is 1. The Labute approximate surface area is 115 Å². The Bertz CT molecular complexity index is 451. The van der Waals surface area contributed by atoms with Crippen molar-refractivity contribution in [2.75, 3.05) is 20.7 Å². The van der Waals surface area contributed by atoms with Gasteiger partial charge in [0, 0.05) is 19.0 Å². The van der Waals surface area contributed by atoms with Crippen molar-refractivity contribution in [1.29, 1.82) is 0 Å². The normalized spacial score (nSPS) is 24.6. The van der Waals surface area contributed by atoms with Crippen LogP contribution in [0.5, 0.6) is 0 Å². The maximum absolute atomic E-state index is 5.68. The lowest BCUT2D eigenvalue weighted by atomic mass is 9.79. The molecule has 1 atom stereocenters. The summed E-state index contributed by atoms with van der Waals surface area (Å²) in [5.41, 5.74) is 2.40. The molecule has 1 saturated carbocycles. The van der Waals surface area contributed by atoms with Crippen molar-refractivity contribution in [3.8, 4) is 0 Å². The average molecular weight is 261 g/mol. The minimum absolute atomic E-state index is 0.184. The van der Waals surface area contributed by atoms with Crippen molar-refractivity contribution < 1.29 is 4.74 Å². The number of rotatable bonds is 4. The predicted octanol–water partition coefficient (Wildman–Crippen LogP) is 1.83. The highest BCUT2D eigenvalue weighted by molar-refractivity contribution is 5.23. The number of methoxy groups -OCH3 is 1. The van der Waals surface area contributed by atoms with Crippen LogP contribution in [0.3, 0.4) is 0 Å². The first-order valence-electron chi connectivity index (χ1n) is 7.32. The van der Waals surface area contributed by atoms with Crippen molar-refractivity contribution in [3.63, 3.8) is 0 Å². The molecule has 3 rings (SSSR count). The second-order valence-corrected chi connectivity index (χ2v) is 5.88. The van der Waals surface area contributed by atoms with Gasteiger partial charge in [-0.1, -0.05) is 0 Å². The molecule has 2 aliphatic rings.